The fourth-order valence-corrected chi connectivity index (χ4v) is 2.93. The van der Waals surface area contributed by atoms with Crippen LogP contribution in [-0.4, -0.2) is 9.78 Å². The predicted molar refractivity (Wildman–Crippen MR) is 83.7 cm³/mol. The van der Waals surface area contributed by atoms with Gasteiger partial charge in [-0.05, 0) is 28.8 Å². The van der Waals surface area contributed by atoms with Gasteiger partial charge in [0.2, 0.25) is 0 Å². The average Bonchev–Trinajstić information content (AvgIpc) is 2.76. The van der Waals surface area contributed by atoms with E-state index in [1.54, 1.807) is 0 Å². The van der Waals surface area contributed by atoms with E-state index < -0.39 is 0 Å². The number of hydrogen-bond acceptors (Lipinski definition) is 3. The molecule has 1 aromatic heterocycles. The van der Waals surface area contributed by atoms with Gasteiger partial charge in [0, 0.05) is 6.54 Å². The fourth-order valence-electron chi connectivity index (χ4n) is 2.36. The van der Waals surface area contributed by atoms with Crippen LogP contribution in [-0.2, 0) is 6.54 Å². The third kappa shape index (κ3) is 5.24. The van der Waals surface area contributed by atoms with Gasteiger partial charge in [0.1, 0.15) is 0 Å². The number of unbranched alkanes of at least 4 members (excludes halogenated alkanes) is 4. The highest BCUT2D eigenvalue weighted by Crippen LogP contribution is 2.27. The molecule has 5 heteroatoms. The Balaban J connectivity index is 2.56. The van der Waals surface area contributed by atoms with Crippen LogP contribution in [0.1, 0.15) is 70.5 Å². The van der Waals surface area contributed by atoms with E-state index in [0.29, 0.717) is 0 Å². The third-order valence-electron chi connectivity index (χ3n) is 3.40. The Hall–Kier alpha value is -0.390. The summed E-state index contributed by atoms with van der Waals surface area (Å²) in [6.45, 7) is 5.34. The van der Waals surface area contributed by atoms with Crippen molar-refractivity contribution in [3.05, 3.63) is 16.4 Å². The topological polar surface area (TPSA) is 55.9 Å². The zero-order valence-electron chi connectivity index (χ0n) is 12.2. The van der Waals surface area contributed by atoms with Crippen molar-refractivity contribution in [2.45, 2.75) is 71.4 Å². The van der Waals surface area contributed by atoms with Gasteiger partial charge in [-0.15, -0.1) is 0 Å². The van der Waals surface area contributed by atoms with Crippen LogP contribution in [0.3, 0.4) is 0 Å². The first-order valence-electron chi connectivity index (χ1n) is 7.41. The molecule has 0 amide bonds. The maximum atomic E-state index is 5.73. The molecule has 0 aliphatic rings. The molecule has 0 bridgehead atoms. The van der Waals surface area contributed by atoms with Gasteiger partial charge in [-0.3, -0.25) is 16.0 Å². The van der Waals surface area contributed by atoms with E-state index in [4.69, 9.17) is 5.84 Å². The summed E-state index contributed by atoms with van der Waals surface area (Å²) in [6, 6.07) is 0.185. The van der Waals surface area contributed by atoms with Crippen LogP contribution in [0.2, 0.25) is 0 Å². The lowest BCUT2D eigenvalue weighted by Gasteiger charge is -2.18. The number of rotatable bonds is 10. The van der Waals surface area contributed by atoms with Gasteiger partial charge in [-0.25, -0.2) is 0 Å². The summed E-state index contributed by atoms with van der Waals surface area (Å²) < 4.78 is 3.11. The molecule has 1 heterocycles. The SMILES string of the molecule is CCCCCCCC(NN)c1c(Br)cnn1CCC. The summed E-state index contributed by atoms with van der Waals surface area (Å²) in [4.78, 5) is 0. The molecule has 0 aliphatic carbocycles. The van der Waals surface area contributed by atoms with E-state index >= 15 is 0 Å². The van der Waals surface area contributed by atoms with Crippen LogP contribution in [0.4, 0.5) is 0 Å². The molecule has 1 rings (SSSR count). The van der Waals surface area contributed by atoms with Gasteiger partial charge in [0.25, 0.3) is 0 Å². The lowest BCUT2D eigenvalue weighted by molar-refractivity contribution is 0.436. The Bertz CT molecular complexity index is 351. The van der Waals surface area contributed by atoms with Crippen LogP contribution in [0, 0.1) is 0 Å². The summed E-state index contributed by atoms with van der Waals surface area (Å²) in [5.41, 5.74) is 4.12. The molecule has 0 aliphatic heterocycles. The molecule has 0 saturated heterocycles. The van der Waals surface area contributed by atoms with Crippen LogP contribution in [0.15, 0.2) is 10.7 Å². The van der Waals surface area contributed by atoms with Crippen molar-refractivity contribution in [3.63, 3.8) is 0 Å². The van der Waals surface area contributed by atoms with Crippen molar-refractivity contribution in [2.75, 3.05) is 0 Å². The minimum atomic E-state index is 0.185. The van der Waals surface area contributed by atoms with Crippen LogP contribution >= 0.6 is 15.9 Å². The van der Waals surface area contributed by atoms with Gasteiger partial charge in [-0.1, -0.05) is 46.0 Å². The summed E-state index contributed by atoms with van der Waals surface area (Å²) in [6.07, 6.45) is 10.4. The standard InChI is InChI=1S/C14H27BrN4/c1-3-5-6-7-8-9-13(18-16)14-12(15)11-17-19(14)10-4-2/h11,13,18H,3-10,16H2,1-2H3. The summed E-state index contributed by atoms with van der Waals surface area (Å²) in [7, 11) is 0. The Kier molecular flexibility index (Phi) is 8.34. The molecule has 0 aromatic carbocycles. The maximum Gasteiger partial charge on any atom is 0.0709 e. The second-order valence-corrected chi connectivity index (χ2v) is 5.88. The Morgan fingerprint density at radius 1 is 1.26 bits per heavy atom. The molecule has 1 aromatic rings. The second-order valence-electron chi connectivity index (χ2n) is 5.02. The molecular weight excluding hydrogens is 304 g/mol. The maximum absolute atomic E-state index is 5.73. The number of hydrazine groups is 1. The average molecular weight is 331 g/mol. The first-order chi connectivity index (χ1) is 9.24. The number of halogens is 1. The molecule has 4 nitrogen and oxygen atoms in total. The largest absolute Gasteiger partial charge is 0.271 e. The molecule has 1 unspecified atom stereocenters. The fraction of sp³-hybridized carbons (Fsp3) is 0.786. The van der Waals surface area contributed by atoms with Gasteiger partial charge in [0.15, 0.2) is 0 Å². The van der Waals surface area contributed by atoms with E-state index in [1.807, 2.05) is 6.20 Å². The van der Waals surface area contributed by atoms with Crippen molar-refractivity contribution in [3.8, 4) is 0 Å². The van der Waals surface area contributed by atoms with Gasteiger partial charge in [0.05, 0.1) is 22.4 Å². The quantitative estimate of drug-likeness (QED) is 0.388. The van der Waals surface area contributed by atoms with Crippen molar-refractivity contribution < 1.29 is 0 Å². The van der Waals surface area contributed by atoms with E-state index in [0.717, 1.165) is 23.9 Å². The molecule has 0 radical (unpaired) electrons. The van der Waals surface area contributed by atoms with E-state index in [-0.39, 0.29) is 6.04 Å². The zero-order chi connectivity index (χ0) is 14.1. The van der Waals surface area contributed by atoms with Crippen molar-refractivity contribution in [1.82, 2.24) is 15.2 Å². The minimum absolute atomic E-state index is 0.185. The van der Waals surface area contributed by atoms with Crippen molar-refractivity contribution in [1.29, 1.82) is 0 Å². The normalized spacial score (nSPS) is 12.8. The lowest BCUT2D eigenvalue weighted by atomic mass is 10.0. The summed E-state index contributed by atoms with van der Waals surface area (Å²) >= 11 is 3.58. The second kappa shape index (κ2) is 9.50. The third-order valence-corrected chi connectivity index (χ3v) is 4.01. The first kappa shape index (κ1) is 16.7. The Morgan fingerprint density at radius 3 is 2.63 bits per heavy atom. The van der Waals surface area contributed by atoms with Crippen LogP contribution in [0.25, 0.3) is 0 Å². The number of aryl methyl sites for hydroxylation is 1. The minimum Gasteiger partial charge on any atom is -0.271 e. The molecule has 19 heavy (non-hydrogen) atoms. The monoisotopic (exact) mass is 330 g/mol. The highest BCUT2D eigenvalue weighted by molar-refractivity contribution is 9.10. The zero-order valence-corrected chi connectivity index (χ0v) is 13.7. The summed E-state index contributed by atoms with van der Waals surface area (Å²) in [5.74, 6) is 5.73. The lowest BCUT2D eigenvalue weighted by Crippen LogP contribution is -2.30. The molecule has 3 N–H and O–H groups in total. The molecule has 0 saturated carbocycles. The van der Waals surface area contributed by atoms with E-state index in [2.05, 4.69) is 45.0 Å². The number of hydrogen-bond donors (Lipinski definition) is 2. The molecule has 110 valence electrons. The number of nitrogens with two attached hydrogens (primary N) is 1. The van der Waals surface area contributed by atoms with Crippen molar-refractivity contribution in [2.24, 2.45) is 5.84 Å². The van der Waals surface area contributed by atoms with Gasteiger partial charge < -0.3 is 0 Å². The Morgan fingerprint density at radius 2 is 2.00 bits per heavy atom. The number of aromatic nitrogens is 2. The van der Waals surface area contributed by atoms with Gasteiger partial charge >= 0.3 is 0 Å². The summed E-state index contributed by atoms with van der Waals surface area (Å²) in [5, 5.41) is 4.41. The first-order valence-corrected chi connectivity index (χ1v) is 8.21. The molecule has 0 spiro atoms. The number of nitrogens with one attached hydrogen (secondary N) is 1. The Labute approximate surface area is 125 Å². The molecule has 0 fully saturated rings. The molecular formula is C14H27BrN4. The van der Waals surface area contributed by atoms with E-state index in [1.165, 1.54) is 37.8 Å². The van der Waals surface area contributed by atoms with Gasteiger partial charge in [-0.2, -0.15) is 5.10 Å². The highest BCUT2D eigenvalue weighted by atomic mass is 79.9. The molecule has 1 atom stereocenters. The smallest absolute Gasteiger partial charge is 0.0709 e. The van der Waals surface area contributed by atoms with Crippen LogP contribution in [0.5, 0.6) is 0 Å². The number of nitrogens with zero attached hydrogens (tertiary/aromatic N) is 2. The predicted octanol–water partition coefficient (Wildman–Crippen LogP) is 3.92. The van der Waals surface area contributed by atoms with Crippen molar-refractivity contribution >= 4 is 15.9 Å². The van der Waals surface area contributed by atoms with Crippen LogP contribution < -0.4 is 11.3 Å². The van der Waals surface area contributed by atoms with E-state index in [9.17, 15) is 0 Å². The highest BCUT2D eigenvalue weighted by Gasteiger charge is 2.18.